The van der Waals surface area contributed by atoms with Crippen molar-refractivity contribution in [3.8, 4) is 11.5 Å². The number of rotatable bonds is 7. The first-order valence-electron chi connectivity index (χ1n) is 9.37. The first kappa shape index (κ1) is 18.3. The zero-order chi connectivity index (χ0) is 18.4. The van der Waals surface area contributed by atoms with Crippen LogP contribution in [0.1, 0.15) is 36.5 Å². The molecule has 1 amide bonds. The van der Waals surface area contributed by atoms with E-state index in [4.69, 9.17) is 9.47 Å². The fourth-order valence-electron chi connectivity index (χ4n) is 3.23. The maximum absolute atomic E-state index is 12.2. The second kappa shape index (κ2) is 8.75. The molecule has 1 atom stereocenters. The van der Waals surface area contributed by atoms with Crippen LogP contribution in [-0.4, -0.2) is 25.2 Å². The van der Waals surface area contributed by atoms with Crippen LogP contribution in [0.25, 0.3) is 0 Å². The van der Waals surface area contributed by atoms with Gasteiger partial charge in [0.2, 0.25) is 0 Å². The van der Waals surface area contributed by atoms with Gasteiger partial charge in [-0.3, -0.25) is 4.79 Å². The molecule has 0 saturated carbocycles. The van der Waals surface area contributed by atoms with Crippen molar-refractivity contribution in [2.45, 2.75) is 45.6 Å². The van der Waals surface area contributed by atoms with Crippen LogP contribution < -0.4 is 14.8 Å². The summed E-state index contributed by atoms with van der Waals surface area (Å²) in [5, 5.41) is 2.86. The topological polar surface area (TPSA) is 47.6 Å². The molecule has 0 radical (unpaired) electrons. The van der Waals surface area contributed by atoms with Crippen LogP contribution in [0.4, 0.5) is 0 Å². The predicted octanol–water partition coefficient (Wildman–Crippen LogP) is 3.84. The third-order valence-electron chi connectivity index (χ3n) is 4.66. The lowest BCUT2D eigenvalue weighted by molar-refractivity contribution is -0.127. The molecule has 138 valence electrons. The summed E-state index contributed by atoms with van der Waals surface area (Å²) in [6.45, 7) is 4.68. The molecule has 2 aromatic rings. The number of nitrogens with one attached hydrogen (secondary N) is 1. The largest absolute Gasteiger partial charge is 0.492 e. The Labute approximate surface area is 155 Å². The van der Waals surface area contributed by atoms with Gasteiger partial charge in [-0.1, -0.05) is 18.2 Å². The number of hydrogen-bond donors (Lipinski definition) is 1. The Kier molecular flexibility index (Phi) is 6.16. The van der Waals surface area contributed by atoms with Gasteiger partial charge in [-0.25, -0.2) is 0 Å². The van der Waals surface area contributed by atoms with E-state index in [1.807, 2.05) is 37.3 Å². The summed E-state index contributed by atoms with van der Waals surface area (Å²) in [5.41, 5.74) is 3.92. The molecule has 1 aliphatic rings. The van der Waals surface area contributed by atoms with Crippen LogP contribution in [0.2, 0.25) is 0 Å². The first-order chi connectivity index (χ1) is 12.6. The van der Waals surface area contributed by atoms with E-state index in [1.165, 1.54) is 24.0 Å². The highest BCUT2D eigenvalue weighted by molar-refractivity contribution is 5.80. The van der Waals surface area contributed by atoms with Crippen LogP contribution in [0.3, 0.4) is 0 Å². The molecule has 0 saturated heterocycles. The van der Waals surface area contributed by atoms with Gasteiger partial charge in [-0.2, -0.15) is 0 Å². The Hall–Kier alpha value is -2.49. The number of fused-ring (bicyclic) bond motifs is 1. The SMILES string of the molecule is Cc1cccc(OCCNC(=O)C(C)Oc2ccc3c(c2)CCCC3)c1. The van der Waals surface area contributed by atoms with E-state index in [0.29, 0.717) is 13.2 Å². The van der Waals surface area contributed by atoms with Gasteiger partial charge in [-0.05, 0) is 80.5 Å². The van der Waals surface area contributed by atoms with Crippen LogP contribution in [0, 0.1) is 6.92 Å². The first-order valence-corrected chi connectivity index (χ1v) is 9.37. The average molecular weight is 353 g/mol. The minimum absolute atomic E-state index is 0.129. The maximum Gasteiger partial charge on any atom is 0.260 e. The summed E-state index contributed by atoms with van der Waals surface area (Å²) in [4.78, 5) is 12.2. The van der Waals surface area contributed by atoms with Crippen molar-refractivity contribution in [1.82, 2.24) is 5.32 Å². The van der Waals surface area contributed by atoms with Crippen LogP contribution >= 0.6 is 0 Å². The molecule has 0 heterocycles. The van der Waals surface area contributed by atoms with Crippen molar-refractivity contribution in [2.75, 3.05) is 13.2 Å². The summed E-state index contributed by atoms with van der Waals surface area (Å²) in [6.07, 6.45) is 4.20. The van der Waals surface area contributed by atoms with E-state index in [0.717, 1.165) is 29.9 Å². The van der Waals surface area contributed by atoms with Gasteiger partial charge >= 0.3 is 0 Å². The maximum atomic E-state index is 12.2. The zero-order valence-electron chi connectivity index (χ0n) is 15.6. The monoisotopic (exact) mass is 353 g/mol. The molecule has 3 rings (SSSR count). The van der Waals surface area contributed by atoms with Crippen LogP contribution in [0.5, 0.6) is 11.5 Å². The van der Waals surface area contributed by atoms with Crippen molar-refractivity contribution in [2.24, 2.45) is 0 Å². The molecular weight excluding hydrogens is 326 g/mol. The van der Waals surface area contributed by atoms with Gasteiger partial charge in [-0.15, -0.1) is 0 Å². The molecule has 0 aliphatic heterocycles. The lowest BCUT2D eigenvalue weighted by Crippen LogP contribution is -2.38. The van der Waals surface area contributed by atoms with Crippen molar-refractivity contribution >= 4 is 5.91 Å². The summed E-state index contributed by atoms with van der Waals surface area (Å²) < 4.78 is 11.5. The standard InChI is InChI=1S/C22H27NO3/c1-16-6-5-9-20(14-16)25-13-12-23-22(24)17(2)26-21-11-10-18-7-3-4-8-19(18)15-21/h5-6,9-11,14-15,17H,3-4,7-8,12-13H2,1-2H3,(H,23,24). The van der Waals surface area contributed by atoms with Gasteiger partial charge in [0.05, 0.1) is 6.54 Å². The second-order valence-electron chi connectivity index (χ2n) is 6.85. The average Bonchev–Trinajstić information content (AvgIpc) is 2.65. The van der Waals surface area contributed by atoms with E-state index in [1.54, 1.807) is 6.92 Å². The molecule has 0 fully saturated rings. The minimum Gasteiger partial charge on any atom is -0.492 e. The Morgan fingerprint density at radius 3 is 2.69 bits per heavy atom. The molecule has 26 heavy (non-hydrogen) atoms. The highest BCUT2D eigenvalue weighted by Crippen LogP contribution is 2.25. The van der Waals surface area contributed by atoms with E-state index >= 15 is 0 Å². The van der Waals surface area contributed by atoms with E-state index < -0.39 is 6.10 Å². The molecule has 4 nitrogen and oxygen atoms in total. The number of benzene rings is 2. The van der Waals surface area contributed by atoms with Crippen molar-refractivity contribution in [1.29, 1.82) is 0 Å². The molecule has 0 spiro atoms. The number of carbonyl (C=O) groups excluding carboxylic acids is 1. The van der Waals surface area contributed by atoms with Crippen LogP contribution in [-0.2, 0) is 17.6 Å². The predicted molar refractivity (Wildman–Crippen MR) is 103 cm³/mol. The van der Waals surface area contributed by atoms with Gasteiger partial charge in [0, 0.05) is 0 Å². The smallest absolute Gasteiger partial charge is 0.260 e. The highest BCUT2D eigenvalue weighted by atomic mass is 16.5. The third-order valence-corrected chi connectivity index (χ3v) is 4.66. The van der Waals surface area contributed by atoms with E-state index in [9.17, 15) is 4.79 Å². The van der Waals surface area contributed by atoms with Gasteiger partial charge in [0.15, 0.2) is 6.10 Å². The molecule has 0 bridgehead atoms. The molecule has 1 unspecified atom stereocenters. The lowest BCUT2D eigenvalue weighted by Gasteiger charge is -2.19. The van der Waals surface area contributed by atoms with Gasteiger partial charge in [0.1, 0.15) is 18.1 Å². The molecule has 1 N–H and O–H groups in total. The quantitative estimate of drug-likeness (QED) is 0.770. The van der Waals surface area contributed by atoms with Crippen molar-refractivity contribution in [3.63, 3.8) is 0 Å². The van der Waals surface area contributed by atoms with Gasteiger partial charge < -0.3 is 14.8 Å². The highest BCUT2D eigenvalue weighted by Gasteiger charge is 2.16. The fourth-order valence-corrected chi connectivity index (χ4v) is 3.23. The molecular formula is C22H27NO3. The number of ether oxygens (including phenoxy) is 2. The Morgan fingerprint density at radius 2 is 1.88 bits per heavy atom. The van der Waals surface area contributed by atoms with Crippen molar-refractivity contribution < 1.29 is 14.3 Å². The Bertz CT molecular complexity index is 757. The zero-order valence-corrected chi connectivity index (χ0v) is 15.6. The Morgan fingerprint density at radius 1 is 1.08 bits per heavy atom. The van der Waals surface area contributed by atoms with E-state index in [-0.39, 0.29) is 5.91 Å². The van der Waals surface area contributed by atoms with Gasteiger partial charge in [0.25, 0.3) is 5.91 Å². The second-order valence-corrected chi connectivity index (χ2v) is 6.85. The number of hydrogen-bond acceptors (Lipinski definition) is 3. The normalized spacial score (nSPS) is 14.2. The molecule has 2 aromatic carbocycles. The Balaban J connectivity index is 1.43. The summed E-state index contributed by atoms with van der Waals surface area (Å²) >= 11 is 0. The minimum atomic E-state index is -0.532. The fraction of sp³-hybridized carbons (Fsp3) is 0.409. The number of carbonyl (C=O) groups is 1. The van der Waals surface area contributed by atoms with E-state index in [2.05, 4.69) is 17.4 Å². The number of aryl methyl sites for hydroxylation is 3. The van der Waals surface area contributed by atoms with Crippen molar-refractivity contribution in [3.05, 3.63) is 59.2 Å². The molecule has 4 heteroatoms. The lowest BCUT2D eigenvalue weighted by atomic mass is 9.92. The number of amides is 1. The van der Waals surface area contributed by atoms with Crippen LogP contribution in [0.15, 0.2) is 42.5 Å². The summed E-state index contributed by atoms with van der Waals surface area (Å²) in [5.74, 6) is 1.46. The third kappa shape index (κ3) is 5.01. The summed E-state index contributed by atoms with van der Waals surface area (Å²) in [6, 6.07) is 14.0. The molecule has 1 aliphatic carbocycles. The molecule has 0 aromatic heterocycles. The summed E-state index contributed by atoms with van der Waals surface area (Å²) in [7, 11) is 0.